The summed E-state index contributed by atoms with van der Waals surface area (Å²) in [5.41, 5.74) is 6.87. The average molecular weight is 312 g/mol. The number of nitrogens with two attached hydrogens (primary N) is 1. The van der Waals surface area contributed by atoms with Crippen molar-refractivity contribution in [2.75, 3.05) is 20.2 Å². The largest absolute Gasteiger partial charge is 0.465 e. The molecule has 0 aliphatic carbocycles. The lowest BCUT2D eigenvalue weighted by Crippen LogP contribution is -2.46. The summed E-state index contributed by atoms with van der Waals surface area (Å²) in [5, 5.41) is 0. The van der Waals surface area contributed by atoms with Crippen LogP contribution in [-0.2, 0) is 20.5 Å². The molecular formula is C14H20N2O4S. The lowest BCUT2D eigenvalue weighted by molar-refractivity contribution is 0.0600. The standard InChI is InChI=1S/C14H20N2O4S/c1-20-14(17)12-6-4-11(5-7-12)10-21(18,19)16-8-2-3-13(15)9-16/h4-7,13H,2-3,8-10,15H2,1H3/t13-/m1/s1. The molecule has 0 radical (unpaired) electrons. The lowest BCUT2D eigenvalue weighted by atomic mass is 10.1. The SMILES string of the molecule is COC(=O)c1ccc(CS(=O)(=O)N2CCC[C@@H](N)C2)cc1. The summed E-state index contributed by atoms with van der Waals surface area (Å²) in [5.74, 6) is -0.521. The number of piperidine rings is 1. The number of hydrogen-bond donors (Lipinski definition) is 1. The fourth-order valence-corrected chi connectivity index (χ4v) is 4.01. The van der Waals surface area contributed by atoms with Crippen LogP contribution in [0.15, 0.2) is 24.3 Å². The van der Waals surface area contributed by atoms with Crippen molar-refractivity contribution < 1.29 is 17.9 Å². The molecule has 1 aromatic carbocycles. The molecule has 1 saturated heterocycles. The van der Waals surface area contributed by atoms with E-state index in [9.17, 15) is 13.2 Å². The van der Waals surface area contributed by atoms with E-state index in [0.717, 1.165) is 12.8 Å². The predicted molar refractivity (Wildman–Crippen MR) is 79.2 cm³/mol. The number of methoxy groups -OCH3 is 1. The summed E-state index contributed by atoms with van der Waals surface area (Å²) in [6, 6.07) is 6.31. The van der Waals surface area contributed by atoms with Crippen molar-refractivity contribution in [2.24, 2.45) is 5.73 Å². The second kappa shape index (κ2) is 6.55. The van der Waals surface area contributed by atoms with E-state index in [1.807, 2.05) is 0 Å². The highest BCUT2D eigenvalue weighted by molar-refractivity contribution is 7.88. The molecule has 0 bridgehead atoms. The molecule has 2 N–H and O–H groups in total. The Morgan fingerprint density at radius 2 is 2.05 bits per heavy atom. The van der Waals surface area contributed by atoms with E-state index < -0.39 is 16.0 Å². The van der Waals surface area contributed by atoms with Crippen LogP contribution in [0.3, 0.4) is 0 Å². The van der Waals surface area contributed by atoms with Gasteiger partial charge in [0.05, 0.1) is 18.4 Å². The van der Waals surface area contributed by atoms with Crippen LogP contribution in [-0.4, -0.2) is 44.9 Å². The molecule has 6 nitrogen and oxygen atoms in total. The van der Waals surface area contributed by atoms with E-state index >= 15 is 0 Å². The minimum absolute atomic E-state index is 0.0822. The van der Waals surface area contributed by atoms with Gasteiger partial charge in [-0.15, -0.1) is 0 Å². The van der Waals surface area contributed by atoms with Crippen LogP contribution in [0.25, 0.3) is 0 Å². The first kappa shape index (κ1) is 15.9. The molecule has 1 aliphatic rings. The molecular weight excluding hydrogens is 292 g/mol. The Labute approximate surface area is 124 Å². The quantitative estimate of drug-likeness (QED) is 0.828. The number of sulfonamides is 1. The Hall–Kier alpha value is -1.44. The molecule has 0 amide bonds. The van der Waals surface area contributed by atoms with E-state index in [2.05, 4.69) is 4.74 Å². The maximum atomic E-state index is 12.4. The van der Waals surface area contributed by atoms with Crippen LogP contribution in [0.5, 0.6) is 0 Å². The normalized spacial score (nSPS) is 20.2. The zero-order valence-electron chi connectivity index (χ0n) is 12.0. The highest BCUT2D eigenvalue weighted by Crippen LogP contribution is 2.17. The third-order valence-electron chi connectivity index (χ3n) is 3.54. The van der Waals surface area contributed by atoms with Crippen molar-refractivity contribution in [3.63, 3.8) is 0 Å². The van der Waals surface area contributed by atoms with E-state index in [4.69, 9.17) is 5.73 Å². The molecule has 1 aliphatic heterocycles. The average Bonchev–Trinajstić information content (AvgIpc) is 2.47. The summed E-state index contributed by atoms with van der Waals surface area (Å²) < 4.78 is 30.8. The summed E-state index contributed by atoms with van der Waals surface area (Å²) in [7, 11) is -2.06. The second-order valence-corrected chi connectivity index (χ2v) is 7.17. The molecule has 1 aromatic rings. The van der Waals surface area contributed by atoms with Gasteiger partial charge in [0.25, 0.3) is 0 Å². The smallest absolute Gasteiger partial charge is 0.337 e. The van der Waals surface area contributed by atoms with Crippen molar-refractivity contribution in [1.29, 1.82) is 0 Å². The maximum absolute atomic E-state index is 12.4. The van der Waals surface area contributed by atoms with Crippen molar-refractivity contribution in [2.45, 2.75) is 24.6 Å². The Balaban J connectivity index is 2.08. The van der Waals surface area contributed by atoms with Crippen molar-refractivity contribution in [3.05, 3.63) is 35.4 Å². The van der Waals surface area contributed by atoms with E-state index in [1.165, 1.54) is 11.4 Å². The van der Waals surface area contributed by atoms with Crippen molar-refractivity contribution in [3.8, 4) is 0 Å². The fourth-order valence-electron chi connectivity index (χ4n) is 2.38. The maximum Gasteiger partial charge on any atom is 0.337 e. The van der Waals surface area contributed by atoms with Gasteiger partial charge in [-0.25, -0.2) is 17.5 Å². The number of carbonyl (C=O) groups is 1. The van der Waals surface area contributed by atoms with Gasteiger partial charge in [0, 0.05) is 19.1 Å². The number of ether oxygens (including phenoxy) is 1. The molecule has 0 saturated carbocycles. The van der Waals surface area contributed by atoms with Crippen LogP contribution in [0.1, 0.15) is 28.8 Å². The van der Waals surface area contributed by atoms with E-state index in [-0.39, 0.29) is 11.8 Å². The van der Waals surface area contributed by atoms with Crippen LogP contribution in [0.2, 0.25) is 0 Å². The molecule has 0 spiro atoms. The van der Waals surface area contributed by atoms with Gasteiger partial charge < -0.3 is 10.5 Å². The van der Waals surface area contributed by atoms with Crippen molar-refractivity contribution >= 4 is 16.0 Å². The van der Waals surface area contributed by atoms with E-state index in [0.29, 0.717) is 24.2 Å². The second-order valence-electron chi connectivity index (χ2n) is 5.21. The fraction of sp³-hybridized carbons (Fsp3) is 0.500. The molecule has 1 atom stereocenters. The lowest BCUT2D eigenvalue weighted by Gasteiger charge is -2.29. The minimum Gasteiger partial charge on any atom is -0.465 e. The Morgan fingerprint density at radius 1 is 1.38 bits per heavy atom. The molecule has 21 heavy (non-hydrogen) atoms. The van der Waals surface area contributed by atoms with Crippen LogP contribution < -0.4 is 5.73 Å². The van der Waals surface area contributed by atoms with Crippen LogP contribution >= 0.6 is 0 Å². The van der Waals surface area contributed by atoms with Gasteiger partial charge in [0.2, 0.25) is 10.0 Å². The minimum atomic E-state index is -3.37. The van der Waals surface area contributed by atoms with Gasteiger partial charge in [0.15, 0.2) is 0 Å². The zero-order chi connectivity index (χ0) is 15.5. The summed E-state index contributed by atoms with van der Waals surface area (Å²) in [4.78, 5) is 11.3. The Bertz CT molecular complexity index is 598. The molecule has 0 aromatic heterocycles. The Morgan fingerprint density at radius 3 is 2.62 bits per heavy atom. The van der Waals surface area contributed by atoms with Gasteiger partial charge in [-0.2, -0.15) is 0 Å². The summed E-state index contributed by atoms with van der Waals surface area (Å²) in [6.45, 7) is 0.902. The van der Waals surface area contributed by atoms with E-state index in [1.54, 1.807) is 24.3 Å². The monoisotopic (exact) mass is 312 g/mol. The molecule has 1 heterocycles. The van der Waals surface area contributed by atoms with Crippen molar-refractivity contribution in [1.82, 2.24) is 4.31 Å². The topological polar surface area (TPSA) is 89.7 Å². The first-order chi connectivity index (χ1) is 9.92. The molecule has 1 fully saturated rings. The molecule has 2 rings (SSSR count). The molecule has 0 unspecified atom stereocenters. The predicted octanol–water partition coefficient (Wildman–Crippen LogP) is 0.726. The third-order valence-corrected chi connectivity index (χ3v) is 5.35. The number of hydrogen-bond acceptors (Lipinski definition) is 5. The summed E-state index contributed by atoms with van der Waals surface area (Å²) in [6.07, 6.45) is 1.65. The third kappa shape index (κ3) is 4.03. The van der Waals surface area contributed by atoms with Gasteiger partial charge in [0.1, 0.15) is 0 Å². The number of esters is 1. The van der Waals surface area contributed by atoms with Gasteiger partial charge in [-0.05, 0) is 30.5 Å². The molecule has 7 heteroatoms. The van der Waals surface area contributed by atoms with Gasteiger partial charge >= 0.3 is 5.97 Å². The number of benzene rings is 1. The van der Waals surface area contributed by atoms with Gasteiger partial charge in [-0.3, -0.25) is 0 Å². The highest BCUT2D eigenvalue weighted by atomic mass is 32.2. The first-order valence-electron chi connectivity index (χ1n) is 6.83. The van der Waals surface area contributed by atoms with Crippen LogP contribution in [0, 0.1) is 0 Å². The van der Waals surface area contributed by atoms with Crippen LogP contribution in [0.4, 0.5) is 0 Å². The Kier molecular flexibility index (Phi) is 4.97. The number of rotatable bonds is 4. The highest BCUT2D eigenvalue weighted by Gasteiger charge is 2.27. The number of carbonyl (C=O) groups excluding carboxylic acids is 1. The summed E-state index contributed by atoms with van der Waals surface area (Å²) >= 11 is 0. The van der Waals surface area contributed by atoms with Gasteiger partial charge in [-0.1, -0.05) is 12.1 Å². The first-order valence-corrected chi connectivity index (χ1v) is 8.44. The molecule has 116 valence electrons. The number of nitrogens with zero attached hydrogens (tertiary/aromatic N) is 1. The zero-order valence-corrected chi connectivity index (χ0v) is 12.8.